The summed E-state index contributed by atoms with van der Waals surface area (Å²) in [7, 11) is 1.55. The highest BCUT2D eigenvalue weighted by molar-refractivity contribution is 6.04. The van der Waals surface area contributed by atoms with E-state index in [9.17, 15) is 9.18 Å². The number of halogens is 1. The van der Waals surface area contributed by atoms with Crippen LogP contribution in [0.1, 0.15) is 10.4 Å². The highest BCUT2D eigenvalue weighted by atomic mass is 19.1. The van der Waals surface area contributed by atoms with Crippen LogP contribution in [0.4, 0.5) is 10.1 Å². The van der Waals surface area contributed by atoms with Crippen molar-refractivity contribution in [1.29, 1.82) is 0 Å². The molecule has 2 aromatic carbocycles. The molecule has 7 heteroatoms. The number of ether oxygens (including phenoxy) is 1. The first-order chi connectivity index (χ1) is 13.1. The molecule has 6 nitrogen and oxygen atoms in total. The van der Waals surface area contributed by atoms with E-state index in [1.54, 1.807) is 30.0 Å². The van der Waals surface area contributed by atoms with Gasteiger partial charge in [0.1, 0.15) is 5.82 Å². The molecule has 0 fully saturated rings. The van der Waals surface area contributed by atoms with E-state index in [0.29, 0.717) is 28.5 Å². The molecule has 0 aliphatic carbocycles. The van der Waals surface area contributed by atoms with Crippen LogP contribution < -0.4 is 10.1 Å². The molecule has 1 N–H and O–H groups in total. The zero-order valence-electron chi connectivity index (χ0n) is 14.4. The first-order valence-corrected chi connectivity index (χ1v) is 8.20. The fourth-order valence-electron chi connectivity index (χ4n) is 2.67. The van der Waals surface area contributed by atoms with E-state index in [1.807, 2.05) is 24.3 Å². The maximum absolute atomic E-state index is 13.0. The number of benzene rings is 2. The Morgan fingerprint density at radius 3 is 2.70 bits per heavy atom. The van der Waals surface area contributed by atoms with Gasteiger partial charge in [0.05, 0.1) is 19.0 Å². The summed E-state index contributed by atoms with van der Waals surface area (Å²) in [6.45, 7) is 0. The fraction of sp³-hybridized carbons (Fsp3) is 0.0500. The van der Waals surface area contributed by atoms with Crippen LogP contribution in [0, 0.1) is 5.82 Å². The minimum absolute atomic E-state index is 0.312. The number of aromatic nitrogens is 3. The summed E-state index contributed by atoms with van der Waals surface area (Å²) in [5.74, 6) is -0.203. The average Bonchev–Trinajstić information content (AvgIpc) is 3.12. The van der Waals surface area contributed by atoms with Crippen molar-refractivity contribution in [3.63, 3.8) is 0 Å². The van der Waals surface area contributed by atoms with Crippen molar-refractivity contribution in [3.05, 3.63) is 78.2 Å². The third kappa shape index (κ3) is 3.48. The summed E-state index contributed by atoms with van der Waals surface area (Å²) in [5, 5.41) is 7.10. The number of anilines is 1. The normalized spacial score (nSPS) is 10.7. The summed E-state index contributed by atoms with van der Waals surface area (Å²) < 4.78 is 19.8. The van der Waals surface area contributed by atoms with Crippen molar-refractivity contribution < 1.29 is 13.9 Å². The SMILES string of the molecule is COc1ccc2nc(-c3cccc(NC(=O)c4ccc(F)cc4)c3)cn2n1. The Hall–Kier alpha value is -3.74. The number of nitrogens with one attached hydrogen (secondary N) is 1. The number of carbonyl (C=O) groups excluding carboxylic acids is 1. The second-order valence-corrected chi connectivity index (χ2v) is 5.85. The van der Waals surface area contributed by atoms with Gasteiger partial charge in [-0.3, -0.25) is 4.79 Å². The van der Waals surface area contributed by atoms with Gasteiger partial charge in [0.15, 0.2) is 5.65 Å². The Morgan fingerprint density at radius 2 is 1.93 bits per heavy atom. The molecule has 0 aliphatic rings. The molecule has 1 amide bonds. The average molecular weight is 362 g/mol. The van der Waals surface area contributed by atoms with Crippen molar-refractivity contribution >= 4 is 17.2 Å². The van der Waals surface area contributed by atoms with Gasteiger partial charge in [0.25, 0.3) is 5.91 Å². The first-order valence-electron chi connectivity index (χ1n) is 8.20. The summed E-state index contributed by atoms with van der Waals surface area (Å²) in [6, 6.07) is 16.3. The highest BCUT2D eigenvalue weighted by Crippen LogP contribution is 2.23. The summed E-state index contributed by atoms with van der Waals surface area (Å²) in [4.78, 5) is 16.8. The number of amides is 1. The molecule has 2 heterocycles. The lowest BCUT2D eigenvalue weighted by molar-refractivity contribution is 0.102. The zero-order chi connectivity index (χ0) is 18.8. The molecular formula is C20H15FN4O2. The van der Waals surface area contributed by atoms with Crippen LogP contribution >= 0.6 is 0 Å². The van der Waals surface area contributed by atoms with Crippen molar-refractivity contribution in [2.24, 2.45) is 0 Å². The van der Waals surface area contributed by atoms with Crippen LogP contribution in [0.2, 0.25) is 0 Å². The van der Waals surface area contributed by atoms with Gasteiger partial charge < -0.3 is 10.1 Å². The van der Waals surface area contributed by atoms with E-state index in [2.05, 4.69) is 15.4 Å². The molecule has 0 spiro atoms. The van der Waals surface area contributed by atoms with Crippen molar-refractivity contribution in [2.45, 2.75) is 0 Å². The Kier molecular flexibility index (Phi) is 4.25. The van der Waals surface area contributed by atoms with Gasteiger partial charge in [-0.15, -0.1) is 5.10 Å². The fourth-order valence-corrected chi connectivity index (χ4v) is 2.67. The smallest absolute Gasteiger partial charge is 0.255 e. The Labute approximate surface area is 154 Å². The third-order valence-corrected chi connectivity index (χ3v) is 4.03. The lowest BCUT2D eigenvalue weighted by Crippen LogP contribution is -2.11. The van der Waals surface area contributed by atoms with Gasteiger partial charge in [-0.05, 0) is 42.5 Å². The minimum Gasteiger partial charge on any atom is -0.480 e. The molecule has 0 atom stereocenters. The van der Waals surface area contributed by atoms with E-state index >= 15 is 0 Å². The van der Waals surface area contributed by atoms with Crippen molar-refractivity contribution in [2.75, 3.05) is 12.4 Å². The number of rotatable bonds is 4. The predicted octanol–water partition coefficient (Wildman–Crippen LogP) is 3.80. The maximum Gasteiger partial charge on any atom is 0.255 e. The van der Waals surface area contributed by atoms with E-state index in [1.165, 1.54) is 24.3 Å². The number of fused-ring (bicyclic) bond motifs is 1. The van der Waals surface area contributed by atoms with Crippen LogP contribution in [0.5, 0.6) is 5.88 Å². The zero-order valence-corrected chi connectivity index (χ0v) is 14.4. The number of hydrogen-bond donors (Lipinski definition) is 1. The largest absolute Gasteiger partial charge is 0.480 e. The molecule has 27 heavy (non-hydrogen) atoms. The van der Waals surface area contributed by atoms with E-state index in [4.69, 9.17) is 4.74 Å². The van der Waals surface area contributed by atoms with Crippen molar-refractivity contribution in [1.82, 2.24) is 14.6 Å². The lowest BCUT2D eigenvalue weighted by atomic mass is 10.1. The number of methoxy groups -OCH3 is 1. The van der Waals surface area contributed by atoms with Gasteiger partial charge >= 0.3 is 0 Å². The Morgan fingerprint density at radius 1 is 1.11 bits per heavy atom. The topological polar surface area (TPSA) is 68.5 Å². The molecule has 4 aromatic rings. The van der Waals surface area contributed by atoms with Gasteiger partial charge in [0, 0.05) is 22.9 Å². The quantitative estimate of drug-likeness (QED) is 0.600. The highest BCUT2D eigenvalue weighted by Gasteiger charge is 2.09. The molecule has 0 bridgehead atoms. The number of nitrogens with zero attached hydrogens (tertiary/aromatic N) is 3. The monoisotopic (exact) mass is 362 g/mol. The van der Waals surface area contributed by atoms with E-state index in [0.717, 1.165) is 5.56 Å². The third-order valence-electron chi connectivity index (χ3n) is 4.03. The van der Waals surface area contributed by atoms with Gasteiger partial charge in [-0.25, -0.2) is 13.9 Å². The number of carbonyl (C=O) groups is 1. The maximum atomic E-state index is 13.0. The summed E-state index contributed by atoms with van der Waals surface area (Å²) in [5.41, 5.74) is 3.23. The molecule has 4 rings (SSSR count). The molecule has 0 radical (unpaired) electrons. The van der Waals surface area contributed by atoms with Crippen molar-refractivity contribution in [3.8, 4) is 17.1 Å². The van der Waals surface area contributed by atoms with E-state index < -0.39 is 0 Å². The van der Waals surface area contributed by atoms with Crippen LogP contribution in [-0.4, -0.2) is 27.6 Å². The number of hydrogen-bond acceptors (Lipinski definition) is 4. The molecule has 0 saturated carbocycles. The molecule has 0 aliphatic heterocycles. The predicted molar refractivity (Wildman–Crippen MR) is 99.3 cm³/mol. The molecule has 2 aromatic heterocycles. The van der Waals surface area contributed by atoms with E-state index in [-0.39, 0.29) is 11.7 Å². The molecule has 0 saturated heterocycles. The standard InChI is InChI=1S/C20H15FN4O2/c1-27-19-10-9-18-23-17(12-25(18)24-19)14-3-2-4-16(11-14)22-20(26)13-5-7-15(21)8-6-13/h2-12H,1H3,(H,22,26). The Bertz CT molecular complexity index is 1120. The first kappa shape index (κ1) is 16.7. The second kappa shape index (κ2) is 6.87. The Balaban J connectivity index is 1.60. The number of imidazole rings is 1. The lowest BCUT2D eigenvalue weighted by Gasteiger charge is -2.06. The molecule has 0 unspecified atom stereocenters. The van der Waals surface area contributed by atoms with Gasteiger partial charge in [-0.2, -0.15) is 0 Å². The van der Waals surface area contributed by atoms with Gasteiger partial charge in [0.2, 0.25) is 5.88 Å². The second-order valence-electron chi connectivity index (χ2n) is 5.85. The van der Waals surface area contributed by atoms with Gasteiger partial charge in [-0.1, -0.05) is 12.1 Å². The van der Waals surface area contributed by atoms with Crippen LogP contribution in [0.15, 0.2) is 66.9 Å². The minimum atomic E-state index is -0.384. The van der Waals surface area contributed by atoms with Crippen LogP contribution in [0.3, 0.4) is 0 Å². The molecule has 134 valence electrons. The van der Waals surface area contributed by atoms with Crippen LogP contribution in [-0.2, 0) is 0 Å². The summed E-state index contributed by atoms with van der Waals surface area (Å²) in [6.07, 6.45) is 1.79. The molecular weight excluding hydrogens is 347 g/mol. The summed E-state index contributed by atoms with van der Waals surface area (Å²) >= 11 is 0. The van der Waals surface area contributed by atoms with Crippen LogP contribution in [0.25, 0.3) is 16.9 Å².